The average molecular weight is 376 g/mol. The zero-order valence-electron chi connectivity index (χ0n) is 14.5. The van der Waals surface area contributed by atoms with Gasteiger partial charge in [0.2, 0.25) is 0 Å². The van der Waals surface area contributed by atoms with E-state index in [4.69, 9.17) is 26.1 Å². The monoisotopic (exact) mass is 376 g/mol. The summed E-state index contributed by atoms with van der Waals surface area (Å²) in [6, 6.07) is 8.10. The van der Waals surface area contributed by atoms with E-state index in [1.54, 1.807) is 32.2 Å². The fraction of sp³-hybridized carbons (Fsp3) is 0.278. The van der Waals surface area contributed by atoms with E-state index in [1.165, 1.54) is 18.2 Å². The van der Waals surface area contributed by atoms with Gasteiger partial charge >= 0.3 is 11.9 Å². The minimum Gasteiger partial charge on any atom is -0.467 e. The first-order valence-electron chi connectivity index (χ1n) is 8.10. The minimum atomic E-state index is -0.515. The number of furan rings is 1. The highest BCUT2D eigenvalue weighted by molar-refractivity contribution is 7.80. The highest BCUT2D eigenvalue weighted by atomic mass is 32.1. The molecule has 0 radical (unpaired) electrons. The van der Waals surface area contributed by atoms with Crippen molar-refractivity contribution in [2.75, 3.05) is 18.5 Å². The lowest BCUT2D eigenvalue weighted by molar-refractivity contribution is 0.0512. The van der Waals surface area contributed by atoms with Crippen LogP contribution in [0.25, 0.3) is 0 Å². The molecule has 0 aliphatic carbocycles. The van der Waals surface area contributed by atoms with Crippen LogP contribution in [0.1, 0.15) is 40.3 Å². The third-order valence-electron chi connectivity index (χ3n) is 3.28. The number of esters is 2. The van der Waals surface area contributed by atoms with E-state index >= 15 is 0 Å². The zero-order valence-corrected chi connectivity index (χ0v) is 15.4. The molecule has 0 aliphatic rings. The molecule has 26 heavy (non-hydrogen) atoms. The third kappa shape index (κ3) is 5.32. The fourth-order valence-corrected chi connectivity index (χ4v) is 2.31. The second kappa shape index (κ2) is 9.57. The molecule has 0 bridgehead atoms. The summed E-state index contributed by atoms with van der Waals surface area (Å²) in [5.41, 5.74) is 0.921. The Morgan fingerprint density at radius 1 is 1.12 bits per heavy atom. The first-order valence-corrected chi connectivity index (χ1v) is 8.51. The van der Waals surface area contributed by atoms with Gasteiger partial charge in [-0.1, -0.05) is 0 Å². The van der Waals surface area contributed by atoms with Crippen molar-refractivity contribution in [3.05, 3.63) is 53.5 Å². The number of carbonyl (C=O) groups excluding carboxylic acids is 2. The maximum Gasteiger partial charge on any atom is 0.340 e. The first kappa shape index (κ1) is 19.5. The molecule has 0 unspecified atom stereocenters. The molecule has 0 fully saturated rings. The number of benzene rings is 1. The van der Waals surface area contributed by atoms with E-state index in [1.807, 2.05) is 0 Å². The van der Waals surface area contributed by atoms with Gasteiger partial charge in [0.25, 0.3) is 0 Å². The second-order valence-electron chi connectivity index (χ2n) is 5.09. The molecule has 0 atom stereocenters. The number of rotatable bonds is 7. The van der Waals surface area contributed by atoms with Crippen molar-refractivity contribution in [2.45, 2.75) is 20.4 Å². The summed E-state index contributed by atoms with van der Waals surface area (Å²) in [6.45, 7) is 4.31. The van der Waals surface area contributed by atoms with Crippen LogP contribution in [0.4, 0.5) is 5.69 Å². The van der Waals surface area contributed by atoms with Gasteiger partial charge in [-0.3, -0.25) is 0 Å². The average Bonchev–Trinajstić information content (AvgIpc) is 3.14. The van der Waals surface area contributed by atoms with Crippen molar-refractivity contribution in [1.29, 1.82) is 0 Å². The summed E-state index contributed by atoms with van der Waals surface area (Å²) in [6.07, 6.45) is 1.56. The summed E-state index contributed by atoms with van der Waals surface area (Å²) >= 11 is 5.25. The van der Waals surface area contributed by atoms with E-state index in [-0.39, 0.29) is 23.9 Å². The van der Waals surface area contributed by atoms with Gasteiger partial charge in [-0.25, -0.2) is 9.59 Å². The lowest BCUT2D eigenvalue weighted by atomic mass is 10.1. The van der Waals surface area contributed by atoms with Crippen LogP contribution in [0.5, 0.6) is 0 Å². The Morgan fingerprint density at radius 2 is 1.85 bits per heavy atom. The van der Waals surface area contributed by atoms with Crippen LogP contribution in [0, 0.1) is 0 Å². The highest BCUT2D eigenvalue weighted by Crippen LogP contribution is 2.20. The molecule has 0 spiro atoms. The quantitative estimate of drug-likeness (QED) is 0.563. The number of nitrogens with one attached hydrogen (secondary N) is 2. The van der Waals surface area contributed by atoms with Crippen LogP contribution >= 0.6 is 12.2 Å². The van der Waals surface area contributed by atoms with E-state index in [0.29, 0.717) is 23.6 Å². The number of hydrogen-bond acceptors (Lipinski definition) is 6. The van der Waals surface area contributed by atoms with Gasteiger partial charge in [0, 0.05) is 0 Å². The molecular formula is C18H20N2O5S. The van der Waals surface area contributed by atoms with Crippen molar-refractivity contribution in [3.8, 4) is 0 Å². The van der Waals surface area contributed by atoms with Crippen molar-refractivity contribution in [3.63, 3.8) is 0 Å². The van der Waals surface area contributed by atoms with Gasteiger partial charge in [0.1, 0.15) is 5.76 Å². The first-order chi connectivity index (χ1) is 12.5. The standard InChI is InChI=1S/C18H20N2O5S/c1-3-23-16(21)12-7-8-14(17(22)24-4-2)15(10-12)20-18(26)19-11-13-6-5-9-25-13/h5-10H,3-4,11H2,1-2H3,(H2,19,20,26). The lowest BCUT2D eigenvalue weighted by Crippen LogP contribution is -2.28. The minimum absolute atomic E-state index is 0.235. The van der Waals surface area contributed by atoms with Gasteiger partial charge in [-0.15, -0.1) is 0 Å². The smallest absolute Gasteiger partial charge is 0.340 e. The van der Waals surface area contributed by atoms with E-state index in [2.05, 4.69) is 10.6 Å². The Bertz CT molecular complexity index is 774. The van der Waals surface area contributed by atoms with Crippen LogP contribution in [-0.4, -0.2) is 30.3 Å². The Kier molecular flexibility index (Phi) is 7.16. The summed E-state index contributed by atoms with van der Waals surface area (Å²) in [5, 5.41) is 6.15. The molecule has 7 nitrogen and oxygen atoms in total. The van der Waals surface area contributed by atoms with Gasteiger partial charge in [-0.05, 0) is 56.4 Å². The molecule has 1 heterocycles. The zero-order chi connectivity index (χ0) is 18.9. The van der Waals surface area contributed by atoms with Crippen molar-refractivity contribution < 1.29 is 23.5 Å². The lowest BCUT2D eigenvalue weighted by Gasteiger charge is -2.14. The van der Waals surface area contributed by atoms with Crippen LogP contribution in [0.3, 0.4) is 0 Å². The molecular weight excluding hydrogens is 356 g/mol. The Morgan fingerprint density at radius 3 is 2.50 bits per heavy atom. The number of hydrogen-bond donors (Lipinski definition) is 2. The second-order valence-corrected chi connectivity index (χ2v) is 5.50. The molecule has 1 aromatic heterocycles. The number of carbonyl (C=O) groups is 2. The summed E-state index contributed by atoms with van der Waals surface area (Å²) < 4.78 is 15.3. The molecule has 1 aromatic carbocycles. The maximum absolute atomic E-state index is 12.1. The maximum atomic E-state index is 12.1. The molecule has 2 rings (SSSR count). The predicted molar refractivity (Wildman–Crippen MR) is 100 cm³/mol. The Balaban J connectivity index is 2.17. The van der Waals surface area contributed by atoms with Gasteiger partial charge < -0.3 is 24.5 Å². The van der Waals surface area contributed by atoms with Gasteiger partial charge in [0.15, 0.2) is 5.11 Å². The van der Waals surface area contributed by atoms with Crippen LogP contribution < -0.4 is 10.6 Å². The normalized spacial score (nSPS) is 10.1. The summed E-state index contributed by atoms with van der Waals surface area (Å²) in [7, 11) is 0. The molecule has 0 amide bonds. The van der Waals surface area contributed by atoms with E-state index < -0.39 is 11.9 Å². The van der Waals surface area contributed by atoms with Crippen LogP contribution in [0.15, 0.2) is 41.0 Å². The predicted octanol–water partition coefficient (Wildman–Crippen LogP) is 3.12. The molecule has 8 heteroatoms. The Hall–Kier alpha value is -2.87. The van der Waals surface area contributed by atoms with Crippen molar-refractivity contribution in [2.24, 2.45) is 0 Å². The number of ether oxygens (including phenoxy) is 2. The fourth-order valence-electron chi connectivity index (χ4n) is 2.12. The van der Waals surface area contributed by atoms with Gasteiger partial charge in [-0.2, -0.15) is 0 Å². The van der Waals surface area contributed by atoms with Crippen molar-refractivity contribution >= 4 is 35.0 Å². The number of anilines is 1. The SMILES string of the molecule is CCOC(=O)c1ccc(C(=O)OCC)c(NC(=S)NCc2ccco2)c1. The molecule has 0 aliphatic heterocycles. The topological polar surface area (TPSA) is 89.8 Å². The molecule has 0 saturated carbocycles. The van der Waals surface area contributed by atoms with Crippen molar-refractivity contribution in [1.82, 2.24) is 5.32 Å². The molecule has 0 saturated heterocycles. The summed E-state index contributed by atoms with van der Waals surface area (Å²) in [4.78, 5) is 24.1. The molecule has 138 valence electrons. The highest BCUT2D eigenvalue weighted by Gasteiger charge is 2.17. The molecule has 2 N–H and O–H groups in total. The van der Waals surface area contributed by atoms with E-state index in [9.17, 15) is 9.59 Å². The number of thiocarbonyl (C=S) groups is 1. The largest absolute Gasteiger partial charge is 0.467 e. The van der Waals surface area contributed by atoms with Crippen LogP contribution in [0.2, 0.25) is 0 Å². The Labute approximate surface area is 156 Å². The third-order valence-corrected chi connectivity index (χ3v) is 3.52. The van der Waals surface area contributed by atoms with Crippen LogP contribution in [-0.2, 0) is 16.0 Å². The molecule has 2 aromatic rings. The summed E-state index contributed by atoms with van der Waals surface area (Å²) in [5.74, 6) is -0.292. The van der Waals surface area contributed by atoms with E-state index in [0.717, 1.165) is 0 Å². The van der Waals surface area contributed by atoms with Gasteiger partial charge in [0.05, 0.1) is 42.8 Å².